The number of aromatic nitrogens is 2. The van der Waals surface area contributed by atoms with Crippen LogP contribution in [0.3, 0.4) is 0 Å². The van der Waals surface area contributed by atoms with Crippen LogP contribution in [-0.4, -0.2) is 47.0 Å². The van der Waals surface area contributed by atoms with Gasteiger partial charge in [-0.05, 0) is 31.2 Å². The van der Waals surface area contributed by atoms with Crippen molar-refractivity contribution in [3.63, 3.8) is 0 Å². The molecule has 7 nitrogen and oxygen atoms in total. The Kier molecular flexibility index (Phi) is 5.23. The maximum Gasteiger partial charge on any atom is 0.290 e. The van der Waals surface area contributed by atoms with Gasteiger partial charge in [0.25, 0.3) is 5.91 Å². The average Bonchev–Trinajstić information content (AvgIpc) is 3.21. The minimum atomic E-state index is -0.102. The molecule has 2 aromatic heterocycles. The first kappa shape index (κ1) is 18.0. The van der Waals surface area contributed by atoms with Crippen molar-refractivity contribution >= 4 is 11.7 Å². The molecule has 0 spiro atoms. The second-order valence-corrected chi connectivity index (χ2v) is 6.62. The van der Waals surface area contributed by atoms with Crippen molar-refractivity contribution in [3.8, 4) is 5.75 Å². The highest BCUT2D eigenvalue weighted by Gasteiger charge is 2.26. The summed E-state index contributed by atoms with van der Waals surface area (Å²) in [6.07, 6.45) is 3.30. The lowest BCUT2D eigenvalue weighted by Crippen LogP contribution is -2.49. The number of furan rings is 1. The second kappa shape index (κ2) is 8.12. The molecule has 1 aliphatic heterocycles. The number of para-hydroxylation sites is 1. The third-order valence-corrected chi connectivity index (χ3v) is 4.73. The number of carbonyl (C=O) groups is 1. The molecule has 1 amide bonds. The molecule has 3 aromatic rings. The molecule has 1 fully saturated rings. The standard InChI is InChI=1S/C21H22N4O3/c1-16-22-9-7-19(23-16)24-10-12-25(13-11-24)21(26)20-17(8-14-27-20)15-28-18-5-3-2-4-6-18/h2-9,14H,10-13,15H2,1H3. The Balaban J connectivity index is 1.37. The molecule has 0 bridgehead atoms. The molecule has 0 radical (unpaired) electrons. The van der Waals surface area contributed by atoms with Crippen molar-refractivity contribution in [1.82, 2.24) is 14.9 Å². The van der Waals surface area contributed by atoms with Gasteiger partial charge in [0.1, 0.15) is 24.0 Å². The van der Waals surface area contributed by atoms with E-state index in [2.05, 4.69) is 14.9 Å². The number of amides is 1. The van der Waals surface area contributed by atoms with Gasteiger partial charge >= 0.3 is 0 Å². The summed E-state index contributed by atoms with van der Waals surface area (Å²) >= 11 is 0. The number of ether oxygens (including phenoxy) is 1. The van der Waals surface area contributed by atoms with Gasteiger partial charge in [0, 0.05) is 37.9 Å². The van der Waals surface area contributed by atoms with Crippen molar-refractivity contribution in [3.05, 3.63) is 72.1 Å². The molecule has 0 atom stereocenters. The second-order valence-electron chi connectivity index (χ2n) is 6.62. The SMILES string of the molecule is Cc1nccc(N2CCN(C(=O)c3occc3COc3ccccc3)CC2)n1. The van der Waals surface area contributed by atoms with Crippen molar-refractivity contribution in [2.75, 3.05) is 31.1 Å². The summed E-state index contributed by atoms with van der Waals surface area (Å²) in [6.45, 7) is 4.83. The summed E-state index contributed by atoms with van der Waals surface area (Å²) in [5.41, 5.74) is 0.753. The molecular weight excluding hydrogens is 356 g/mol. The number of rotatable bonds is 5. The van der Waals surface area contributed by atoms with E-state index in [0.717, 1.165) is 36.0 Å². The van der Waals surface area contributed by atoms with Crippen LogP contribution < -0.4 is 9.64 Å². The maximum atomic E-state index is 12.9. The summed E-state index contributed by atoms with van der Waals surface area (Å²) < 4.78 is 11.3. The zero-order valence-corrected chi connectivity index (χ0v) is 15.7. The fourth-order valence-electron chi connectivity index (χ4n) is 3.22. The predicted octanol–water partition coefficient (Wildman–Crippen LogP) is 2.92. The lowest BCUT2D eigenvalue weighted by Gasteiger charge is -2.35. The van der Waals surface area contributed by atoms with Crippen molar-refractivity contribution in [1.29, 1.82) is 0 Å². The summed E-state index contributed by atoms with van der Waals surface area (Å²) in [4.78, 5) is 25.5. The Morgan fingerprint density at radius 2 is 1.89 bits per heavy atom. The van der Waals surface area contributed by atoms with Crippen LogP contribution in [0.1, 0.15) is 21.9 Å². The molecule has 0 unspecified atom stereocenters. The number of hydrogen-bond donors (Lipinski definition) is 0. The first-order valence-corrected chi connectivity index (χ1v) is 9.29. The predicted molar refractivity (Wildman–Crippen MR) is 104 cm³/mol. The van der Waals surface area contributed by atoms with E-state index >= 15 is 0 Å². The minimum Gasteiger partial charge on any atom is -0.489 e. The van der Waals surface area contributed by atoms with E-state index in [0.29, 0.717) is 25.5 Å². The normalized spacial score (nSPS) is 14.2. The van der Waals surface area contributed by atoms with Gasteiger partial charge in [0.15, 0.2) is 5.76 Å². The number of carbonyl (C=O) groups excluding carboxylic acids is 1. The molecule has 4 rings (SSSR count). The van der Waals surface area contributed by atoms with Crippen molar-refractivity contribution < 1.29 is 13.9 Å². The fourth-order valence-corrected chi connectivity index (χ4v) is 3.22. The van der Waals surface area contributed by atoms with Gasteiger partial charge in [-0.15, -0.1) is 0 Å². The van der Waals surface area contributed by atoms with Crippen LogP contribution in [0.25, 0.3) is 0 Å². The number of anilines is 1. The Labute approximate surface area is 163 Å². The molecule has 144 valence electrons. The molecule has 1 saturated heterocycles. The zero-order chi connectivity index (χ0) is 19.3. The zero-order valence-electron chi connectivity index (χ0n) is 15.7. The Hall–Kier alpha value is -3.35. The highest BCUT2D eigenvalue weighted by atomic mass is 16.5. The van der Waals surface area contributed by atoms with Gasteiger partial charge in [-0.3, -0.25) is 4.79 Å². The fraction of sp³-hybridized carbons (Fsp3) is 0.286. The molecular formula is C21H22N4O3. The van der Waals surface area contributed by atoms with E-state index in [1.807, 2.05) is 48.2 Å². The first-order valence-electron chi connectivity index (χ1n) is 9.29. The number of nitrogens with zero attached hydrogens (tertiary/aromatic N) is 4. The van der Waals surface area contributed by atoms with Gasteiger partial charge < -0.3 is 19.0 Å². The van der Waals surface area contributed by atoms with E-state index in [1.165, 1.54) is 6.26 Å². The highest BCUT2D eigenvalue weighted by Crippen LogP contribution is 2.19. The monoisotopic (exact) mass is 378 g/mol. The summed E-state index contributed by atoms with van der Waals surface area (Å²) in [6, 6.07) is 13.2. The van der Waals surface area contributed by atoms with E-state index < -0.39 is 0 Å². The Morgan fingerprint density at radius 3 is 2.64 bits per heavy atom. The maximum absolute atomic E-state index is 12.9. The molecule has 0 N–H and O–H groups in total. The summed E-state index contributed by atoms with van der Waals surface area (Å²) in [5, 5.41) is 0. The Morgan fingerprint density at radius 1 is 1.11 bits per heavy atom. The molecule has 0 aliphatic carbocycles. The molecule has 7 heteroatoms. The van der Waals surface area contributed by atoms with Crippen LogP contribution in [0, 0.1) is 6.92 Å². The number of aryl methyl sites for hydroxylation is 1. The molecule has 3 heterocycles. The lowest BCUT2D eigenvalue weighted by molar-refractivity contribution is 0.0710. The lowest BCUT2D eigenvalue weighted by atomic mass is 10.2. The molecule has 1 aromatic carbocycles. The van der Waals surface area contributed by atoms with Gasteiger partial charge in [0.2, 0.25) is 0 Å². The average molecular weight is 378 g/mol. The van der Waals surface area contributed by atoms with Crippen LogP contribution >= 0.6 is 0 Å². The number of benzene rings is 1. The Bertz CT molecular complexity index is 934. The smallest absolute Gasteiger partial charge is 0.290 e. The third-order valence-electron chi connectivity index (χ3n) is 4.73. The molecule has 1 aliphatic rings. The van der Waals surface area contributed by atoms with E-state index in [1.54, 1.807) is 12.3 Å². The number of piperazine rings is 1. The largest absolute Gasteiger partial charge is 0.489 e. The van der Waals surface area contributed by atoms with Crippen LogP contribution in [0.4, 0.5) is 5.82 Å². The summed E-state index contributed by atoms with van der Waals surface area (Å²) in [5.74, 6) is 2.65. The summed E-state index contributed by atoms with van der Waals surface area (Å²) in [7, 11) is 0. The number of hydrogen-bond acceptors (Lipinski definition) is 6. The molecule has 28 heavy (non-hydrogen) atoms. The first-order chi connectivity index (χ1) is 13.7. The highest BCUT2D eigenvalue weighted by molar-refractivity contribution is 5.93. The minimum absolute atomic E-state index is 0.102. The van der Waals surface area contributed by atoms with E-state index in [-0.39, 0.29) is 5.91 Å². The topological polar surface area (TPSA) is 71.7 Å². The van der Waals surface area contributed by atoms with Crippen LogP contribution in [0.15, 0.2) is 59.3 Å². The van der Waals surface area contributed by atoms with Crippen LogP contribution in [0.5, 0.6) is 5.75 Å². The van der Waals surface area contributed by atoms with Gasteiger partial charge in [-0.2, -0.15) is 0 Å². The quantitative estimate of drug-likeness (QED) is 0.680. The van der Waals surface area contributed by atoms with Crippen molar-refractivity contribution in [2.24, 2.45) is 0 Å². The van der Waals surface area contributed by atoms with Crippen LogP contribution in [-0.2, 0) is 6.61 Å². The molecule has 0 saturated carbocycles. The van der Waals surface area contributed by atoms with Gasteiger partial charge in [-0.25, -0.2) is 9.97 Å². The van der Waals surface area contributed by atoms with Gasteiger partial charge in [0.05, 0.1) is 6.26 Å². The van der Waals surface area contributed by atoms with Gasteiger partial charge in [-0.1, -0.05) is 18.2 Å². The van der Waals surface area contributed by atoms with Crippen molar-refractivity contribution in [2.45, 2.75) is 13.5 Å². The van der Waals surface area contributed by atoms with E-state index in [4.69, 9.17) is 9.15 Å². The van der Waals surface area contributed by atoms with E-state index in [9.17, 15) is 4.79 Å². The third kappa shape index (κ3) is 3.98. The van der Waals surface area contributed by atoms with Crippen LogP contribution in [0.2, 0.25) is 0 Å².